The minimum absolute atomic E-state index is 0.704. The summed E-state index contributed by atoms with van der Waals surface area (Å²) in [5.74, 6) is 1.76. The molecule has 2 heteroatoms. The number of hydrogen-bond acceptors (Lipinski definition) is 1. The second-order valence-electron chi connectivity index (χ2n) is 5.13. The highest BCUT2D eigenvalue weighted by Gasteiger charge is 2.43. The Morgan fingerprint density at radius 1 is 1.12 bits per heavy atom. The maximum Gasteiger partial charge on any atom is 0.0189 e. The SMILES string of the molecule is BrC1CCC2C(Cc3ccccc3)NCC12. The lowest BCUT2D eigenvalue weighted by atomic mass is 9.90. The molecule has 2 aliphatic rings. The van der Waals surface area contributed by atoms with Gasteiger partial charge in [-0.25, -0.2) is 0 Å². The third kappa shape index (κ3) is 1.93. The van der Waals surface area contributed by atoms with E-state index in [0.29, 0.717) is 6.04 Å². The van der Waals surface area contributed by atoms with Crippen LogP contribution in [0.4, 0.5) is 0 Å². The van der Waals surface area contributed by atoms with Crippen LogP contribution in [0.2, 0.25) is 0 Å². The van der Waals surface area contributed by atoms with Crippen molar-refractivity contribution in [2.45, 2.75) is 30.1 Å². The second-order valence-corrected chi connectivity index (χ2v) is 6.30. The Kier molecular flexibility index (Phi) is 3.03. The second kappa shape index (κ2) is 4.50. The molecule has 2 fully saturated rings. The molecule has 0 radical (unpaired) electrons. The predicted molar refractivity (Wildman–Crippen MR) is 70.9 cm³/mol. The minimum atomic E-state index is 0.704. The fourth-order valence-electron chi connectivity index (χ4n) is 3.36. The van der Waals surface area contributed by atoms with E-state index in [0.717, 1.165) is 16.7 Å². The molecule has 16 heavy (non-hydrogen) atoms. The molecule has 1 saturated heterocycles. The molecular formula is C14H18BrN. The Bertz CT molecular complexity index is 351. The first kappa shape index (κ1) is 10.8. The highest BCUT2D eigenvalue weighted by molar-refractivity contribution is 9.09. The van der Waals surface area contributed by atoms with E-state index in [1.165, 1.54) is 31.4 Å². The molecule has 3 rings (SSSR count). The van der Waals surface area contributed by atoms with Crippen LogP contribution in [0.3, 0.4) is 0 Å². The van der Waals surface area contributed by atoms with Crippen LogP contribution in [0.1, 0.15) is 18.4 Å². The summed E-state index contributed by atoms with van der Waals surface area (Å²) in [7, 11) is 0. The van der Waals surface area contributed by atoms with Crippen molar-refractivity contribution < 1.29 is 0 Å². The van der Waals surface area contributed by atoms with Crippen molar-refractivity contribution in [1.82, 2.24) is 5.32 Å². The van der Waals surface area contributed by atoms with Gasteiger partial charge in [0.25, 0.3) is 0 Å². The number of nitrogens with one attached hydrogen (secondary N) is 1. The molecule has 0 aromatic heterocycles. The van der Waals surface area contributed by atoms with E-state index >= 15 is 0 Å². The van der Waals surface area contributed by atoms with Crippen LogP contribution in [0, 0.1) is 11.8 Å². The molecule has 0 bridgehead atoms. The molecule has 1 aliphatic carbocycles. The van der Waals surface area contributed by atoms with Crippen LogP contribution < -0.4 is 5.32 Å². The summed E-state index contributed by atoms with van der Waals surface area (Å²) < 4.78 is 0. The highest BCUT2D eigenvalue weighted by Crippen LogP contribution is 2.42. The van der Waals surface area contributed by atoms with Crippen LogP contribution in [-0.2, 0) is 6.42 Å². The van der Waals surface area contributed by atoms with Gasteiger partial charge in [-0.05, 0) is 43.2 Å². The van der Waals surface area contributed by atoms with E-state index in [9.17, 15) is 0 Å². The zero-order valence-electron chi connectivity index (χ0n) is 9.40. The van der Waals surface area contributed by atoms with Crippen LogP contribution in [0.25, 0.3) is 0 Å². The molecule has 1 N–H and O–H groups in total. The molecule has 4 unspecified atom stereocenters. The number of hydrogen-bond donors (Lipinski definition) is 1. The first-order chi connectivity index (χ1) is 7.84. The average Bonchev–Trinajstić information content (AvgIpc) is 2.86. The van der Waals surface area contributed by atoms with Gasteiger partial charge >= 0.3 is 0 Å². The average molecular weight is 280 g/mol. The first-order valence-corrected chi connectivity index (χ1v) is 7.17. The summed E-state index contributed by atoms with van der Waals surface area (Å²) >= 11 is 3.82. The molecular weight excluding hydrogens is 262 g/mol. The maximum atomic E-state index is 3.82. The number of rotatable bonds is 2. The molecule has 1 aromatic rings. The predicted octanol–water partition coefficient (Wildman–Crippen LogP) is 2.99. The molecule has 86 valence electrons. The highest BCUT2D eigenvalue weighted by atomic mass is 79.9. The molecule has 1 aliphatic heterocycles. The molecule has 1 aromatic carbocycles. The Labute approximate surface area is 106 Å². The van der Waals surface area contributed by atoms with Crippen LogP contribution >= 0.6 is 15.9 Å². The van der Waals surface area contributed by atoms with Crippen LogP contribution in [0.15, 0.2) is 30.3 Å². The zero-order chi connectivity index (χ0) is 11.0. The summed E-state index contributed by atoms with van der Waals surface area (Å²) in [6.07, 6.45) is 3.95. The van der Waals surface area contributed by atoms with Gasteiger partial charge in [-0.2, -0.15) is 0 Å². The van der Waals surface area contributed by atoms with E-state index in [2.05, 4.69) is 51.6 Å². The van der Waals surface area contributed by atoms with Crippen molar-refractivity contribution in [3.63, 3.8) is 0 Å². The lowest BCUT2D eigenvalue weighted by molar-refractivity contribution is 0.412. The molecule has 1 heterocycles. The quantitative estimate of drug-likeness (QED) is 0.821. The minimum Gasteiger partial charge on any atom is -0.313 e. The summed E-state index contributed by atoms with van der Waals surface area (Å²) in [5.41, 5.74) is 1.47. The standard InChI is InChI=1S/C14H18BrN/c15-13-7-6-11-12(13)9-16-14(11)8-10-4-2-1-3-5-10/h1-5,11-14,16H,6-9H2. The van der Waals surface area contributed by atoms with E-state index in [-0.39, 0.29) is 0 Å². The Balaban J connectivity index is 1.69. The van der Waals surface area contributed by atoms with Gasteiger partial charge in [0.2, 0.25) is 0 Å². The molecule has 1 saturated carbocycles. The smallest absolute Gasteiger partial charge is 0.0189 e. The fraction of sp³-hybridized carbons (Fsp3) is 0.571. The monoisotopic (exact) mass is 279 g/mol. The van der Waals surface area contributed by atoms with Gasteiger partial charge < -0.3 is 5.32 Å². The van der Waals surface area contributed by atoms with Gasteiger partial charge in [0.05, 0.1) is 0 Å². The summed E-state index contributed by atoms with van der Waals surface area (Å²) in [6, 6.07) is 11.6. The molecule has 0 amide bonds. The van der Waals surface area contributed by atoms with Crippen molar-refractivity contribution in [1.29, 1.82) is 0 Å². The van der Waals surface area contributed by atoms with Crippen molar-refractivity contribution in [3.05, 3.63) is 35.9 Å². The molecule has 0 spiro atoms. The fourth-order valence-corrected chi connectivity index (χ4v) is 4.20. The van der Waals surface area contributed by atoms with E-state index < -0.39 is 0 Å². The van der Waals surface area contributed by atoms with E-state index in [4.69, 9.17) is 0 Å². The normalized spacial score (nSPS) is 37.6. The van der Waals surface area contributed by atoms with Gasteiger partial charge in [0.1, 0.15) is 0 Å². The van der Waals surface area contributed by atoms with Crippen molar-refractivity contribution in [2.24, 2.45) is 11.8 Å². The van der Waals surface area contributed by atoms with E-state index in [1.54, 1.807) is 0 Å². The lowest BCUT2D eigenvalue weighted by Crippen LogP contribution is -2.29. The van der Waals surface area contributed by atoms with Crippen molar-refractivity contribution in [2.75, 3.05) is 6.54 Å². The Morgan fingerprint density at radius 2 is 1.94 bits per heavy atom. The number of halogens is 1. The summed E-state index contributed by atoms with van der Waals surface area (Å²) in [4.78, 5) is 0.755. The van der Waals surface area contributed by atoms with Gasteiger partial charge in [-0.1, -0.05) is 46.3 Å². The number of alkyl halides is 1. The molecule has 1 nitrogen and oxygen atoms in total. The van der Waals surface area contributed by atoms with Gasteiger partial charge in [-0.15, -0.1) is 0 Å². The van der Waals surface area contributed by atoms with Crippen molar-refractivity contribution in [3.8, 4) is 0 Å². The summed E-state index contributed by atoms with van der Waals surface area (Å²) in [6.45, 7) is 1.21. The third-order valence-electron chi connectivity index (χ3n) is 4.22. The van der Waals surface area contributed by atoms with Gasteiger partial charge in [0.15, 0.2) is 0 Å². The Morgan fingerprint density at radius 3 is 2.75 bits per heavy atom. The van der Waals surface area contributed by atoms with Crippen molar-refractivity contribution >= 4 is 15.9 Å². The largest absolute Gasteiger partial charge is 0.313 e. The first-order valence-electron chi connectivity index (χ1n) is 6.26. The zero-order valence-corrected chi connectivity index (χ0v) is 11.0. The Hall–Kier alpha value is -0.340. The third-order valence-corrected chi connectivity index (χ3v) is 5.36. The number of benzene rings is 1. The van der Waals surface area contributed by atoms with Crippen LogP contribution in [-0.4, -0.2) is 17.4 Å². The van der Waals surface area contributed by atoms with E-state index in [1.807, 2.05) is 0 Å². The topological polar surface area (TPSA) is 12.0 Å². The summed E-state index contributed by atoms with van der Waals surface area (Å²) in [5, 5.41) is 3.71. The number of fused-ring (bicyclic) bond motifs is 1. The maximum absolute atomic E-state index is 3.82. The lowest BCUT2D eigenvalue weighted by Gasteiger charge is -2.18. The van der Waals surface area contributed by atoms with Gasteiger partial charge in [0, 0.05) is 10.9 Å². The van der Waals surface area contributed by atoms with Gasteiger partial charge in [-0.3, -0.25) is 0 Å². The molecule has 4 atom stereocenters. The van der Waals surface area contributed by atoms with Crippen LogP contribution in [0.5, 0.6) is 0 Å².